The van der Waals surface area contributed by atoms with Crippen molar-refractivity contribution < 1.29 is 9.53 Å². The predicted molar refractivity (Wildman–Crippen MR) is 96.1 cm³/mol. The third-order valence-corrected chi connectivity index (χ3v) is 4.74. The van der Waals surface area contributed by atoms with E-state index in [9.17, 15) is 4.79 Å². The van der Waals surface area contributed by atoms with Gasteiger partial charge in [0.15, 0.2) is 0 Å². The first-order valence-electron chi connectivity index (χ1n) is 8.22. The minimum Gasteiger partial charge on any atom is -0.464 e. The molecule has 1 aromatic heterocycles. The molecule has 1 heterocycles. The van der Waals surface area contributed by atoms with Gasteiger partial charge in [0.1, 0.15) is 5.69 Å². The smallest absolute Gasteiger partial charge is 0.354 e. The van der Waals surface area contributed by atoms with E-state index < -0.39 is 0 Å². The number of carbonyl (C=O) groups excluding carboxylic acids is 1. The molecule has 0 fully saturated rings. The molecule has 120 valence electrons. The normalized spacial score (nSPS) is 15.0. The molecule has 2 aromatic carbocycles. The van der Waals surface area contributed by atoms with Crippen molar-refractivity contribution >= 4 is 22.3 Å². The Morgan fingerprint density at radius 1 is 1.17 bits per heavy atom. The average molecular weight is 317 g/mol. The number of benzene rings is 2. The van der Waals surface area contributed by atoms with Gasteiger partial charge in [0.05, 0.1) is 7.11 Å². The number of methoxy groups -OCH3 is 1. The molecule has 24 heavy (non-hydrogen) atoms. The van der Waals surface area contributed by atoms with Gasteiger partial charge >= 0.3 is 5.97 Å². The Labute approximate surface area is 141 Å². The van der Waals surface area contributed by atoms with Gasteiger partial charge in [-0.15, -0.1) is 0 Å². The van der Waals surface area contributed by atoms with E-state index in [-0.39, 0.29) is 5.97 Å². The van der Waals surface area contributed by atoms with Crippen molar-refractivity contribution in [3.8, 4) is 0 Å². The summed E-state index contributed by atoms with van der Waals surface area (Å²) in [6.07, 6.45) is 5.17. The maximum atomic E-state index is 11.7. The summed E-state index contributed by atoms with van der Waals surface area (Å²) in [7, 11) is 1.41. The molecule has 1 N–H and O–H groups in total. The minimum absolute atomic E-state index is 0.308. The quantitative estimate of drug-likeness (QED) is 0.721. The Morgan fingerprint density at radius 3 is 2.88 bits per heavy atom. The molecule has 3 aromatic rings. The molecule has 1 aliphatic carbocycles. The number of ether oxygens (including phenoxy) is 1. The van der Waals surface area contributed by atoms with E-state index in [0.717, 1.165) is 25.0 Å². The molecule has 0 unspecified atom stereocenters. The van der Waals surface area contributed by atoms with E-state index in [1.54, 1.807) is 0 Å². The molecule has 4 rings (SSSR count). The lowest BCUT2D eigenvalue weighted by Crippen LogP contribution is -2.01. The highest BCUT2D eigenvalue weighted by Crippen LogP contribution is 2.33. The molecule has 0 saturated heterocycles. The number of fused-ring (bicyclic) bond motifs is 2. The van der Waals surface area contributed by atoms with Crippen molar-refractivity contribution in [1.29, 1.82) is 0 Å². The van der Waals surface area contributed by atoms with Crippen LogP contribution in [0.25, 0.3) is 16.3 Å². The van der Waals surface area contributed by atoms with Gasteiger partial charge in [-0.1, -0.05) is 48.5 Å². The molecule has 0 bridgehead atoms. The summed E-state index contributed by atoms with van der Waals surface area (Å²) in [6.45, 7) is 0. The lowest BCUT2D eigenvalue weighted by Gasteiger charge is -2.05. The van der Waals surface area contributed by atoms with E-state index >= 15 is 0 Å². The van der Waals surface area contributed by atoms with Gasteiger partial charge in [-0.25, -0.2) is 4.79 Å². The first kappa shape index (κ1) is 14.8. The van der Waals surface area contributed by atoms with Crippen molar-refractivity contribution in [3.05, 3.63) is 77.1 Å². The van der Waals surface area contributed by atoms with Gasteiger partial charge in [0.25, 0.3) is 0 Å². The number of carbonyl (C=O) groups is 1. The number of aryl methyl sites for hydroxylation is 1. The number of H-pyrrole nitrogens is 1. The van der Waals surface area contributed by atoms with E-state index in [1.807, 2.05) is 6.07 Å². The molecular weight excluding hydrogens is 298 g/mol. The zero-order valence-corrected chi connectivity index (χ0v) is 13.6. The summed E-state index contributed by atoms with van der Waals surface area (Å²) in [5.41, 5.74) is 5.45. The molecule has 0 spiro atoms. The minimum atomic E-state index is -0.308. The second-order valence-electron chi connectivity index (χ2n) is 6.15. The lowest BCUT2D eigenvalue weighted by molar-refractivity contribution is 0.0594. The van der Waals surface area contributed by atoms with Crippen molar-refractivity contribution in [2.45, 2.75) is 19.3 Å². The molecular formula is C21H19NO2. The fourth-order valence-corrected chi connectivity index (χ4v) is 3.50. The lowest BCUT2D eigenvalue weighted by atomic mass is 10.0. The second-order valence-corrected chi connectivity index (χ2v) is 6.15. The molecule has 0 amide bonds. The number of hydrogen-bond donors (Lipinski definition) is 1. The predicted octanol–water partition coefficient (Wildman–Crippen LogP) is 4.53. The SMILES string of the molecule is COC(=O)c1cc2c([nH]1)C(=CCc1cccc3ccccc13)CC2. The van der Waals surface area contributed by atoms with Crippen LogP contribution >= 0.6 is 0 Å². The Bertz CT molecular complexity index is 944. The third kappa shape index (κ3) is 2.52. The van der Waals surface area contributed by atoms with Crippen LogP contribution in [0.3, 0.4) is 0 Å². The molecule has 3 heteroatoms. The van der Waals surface area contributed by atoms with Crippen LogP contribution in [0.2, 0.25) is 0 Å². The van der Waals surface area contributed by atoms with Crippen molar-refractivity contribution in [3.63, 3.8) is 0 Å². The van der Waals surface area contributed by atoms with Crippen molar-refractivity contribution in [2.75, 3.05) is 7.11 Å². The van der Waals surface area contributed by atoms with Crippen molar-refractivity contribution in [2.24, 2.45) is 0 Å². The monoisotopic (exact) mass is 317 g/mol. The fourth-order valence-electron chi connectivity index (χ4n) is 3.50. The standard InChI is InChI=1S/C21H19NO2/c1-24-21(23)19-13-17-12-11-16(20(17)22-19)10-9-15-7-4-6-14-5-2-3-8-18(14)15/h2-8,10,13,22H,9,11-12H2,1H3. The Kier molecular flexibility index (Phi) is 3.69. The Morgan fingerprint density at radius 2 is 2.00 bits per heavy atom. The van der Waals surface area contributed by atoms with E-state index in [4.69, 9.17) is 4.74 Å². The van der Waals surface area contributed by atoms with Gasteiger partial charge in [-0.05, 0) is 52.8 Å². The molecule has 3 nitrogen and oxygen atoms in total. The molecule has 1 aliphatic rings. The summed E-state index contributed by atoms with van der Waals surface area (Å²) in [5, 5.41) is 2.57. The number of allylic oxidation sites excluding steroid dienone is 2. The van der Waals surface area contributed by atoms with Crippen LogP contribution in [-0.4, -0.2) is 18.1 Å². The number of nitrogens with one attached hydrogen (secondary N) is 1. The van der Waals surface area contributed by atoms with Gasteiger partial charge in [-0.2, -0.15) is 0 Å². The summed E-state index contributed by atoms with van der Waals surface area (Å²) < 4.78 is 4.80. The summed E-state index contributed by atoms with van der Waals surface area (Å²) in [4.78, 5) is 14.9. The van der Waals surface area contributed by atoms with Gasteiger partial charge < -0.3 is 9.72 Å². The van der Waals surface area contributed by atoms with Gasteiger partial charge in [0, 0.05) is 5.69 Å². The Hall–Kier alpha value is -2.81. The maximum absolute atomic E-state index is 11.7. The first-order valence-corrected chi connectivity index (χ1v) is 8.22. The van der Waals surface area contributed by atoms with Gasteiger partial charge in [0.2, 0.25) is 0 Å². The number of esters is 1. The van der Waals surface area contributed by atoms with Crippen LogP contribution in [0.1, 0.15) is 33.7 Å². The molecule has 0 aliphatic heterocycles. The third-order valence-electron chi connectivity index (χ3n) is 4.74. The van der Waals surface area contributed by atoms with E-state index in [1.165, 1.54) is 34.6 Å². The molecule has 0 saturated carbocycles. The van der Waals surface area contributed by atoms with Crippen LogP contribution in [0.15, 0.2) is 54.6 Å². The maximum Gasteiger partial charge on any atom is 0.354 e. The van der Waals surface area contributed by atoms with Crippen LogP contribution < -0.4 is 0 Å². The van der Waals surface area contributed by atoms with Crippen LogP contribution in [0.5, 0.6) is 0 Å². The molecule has 0 radical (unpaired) electrons. The second kappa shape index (κ2) is 6.00. The van der Waals surface area contributed by atoms with Crippen LogP contribution in [0.4, 0.5) is 0 Å². The van der Waals surface area contributed by atoms with Crippen molar-refractivity contribution in [1.82, 2.24) is 4.98 Å². The highest BCUT2D eigenvalue weighted by molar-refractivity contribution is 5.90. The topological polar surface area (TPSA) is 42.1 Å². The fraction of sp³-hybridized carbons (Fsp3) is 0.190. The zero-order valence-electron chi connectivity index (χ0n) is 13.6. The highest BCUT2D eigenvalue weighted by Gasteiger charge is 2.21. The summed E-state index contributed by atoms with van der Waals surface area (Å²) in [5.74, 6) is -0.308. The van der Waals surface area contributed by atoms with Crippen LogP contribution in [0, 0.1) is 0 Å². The summed E-state index contributed by atoms with van der Waals surface area (Å²) >= 11 is 0. The van der Waals surface area contributed by atoms with Crippen LogP contribution in [-0.2, 0) is 17.6 Å². The average Bonchev–Trinajstić information content (AvgIpc) is 3.20. The zero-order chi connectivity index (χ0) is 16.5. The van der Waals surface area contributed by atoms with E-state index in [0.29, 0.717) is 5.69 Å². The highest BCUT2D eigenvalue weighted by atomic mass is 16.5. The number of rotatable bonds is 3. The Balaban J connectivity index is 1.64. The largest absolute Gasteiger partial charge is 0.464 e. The number of hydrogen-bond acceptors (Lipinski definition) is 2. The van der Waals surface area contributed by atoms with E-state index in [2.05, 4.69) is 53.5 Å². The number of aromatic nitrogens is 1. The first-order chi connectivity index (χ1) is 11.8. The van der Waals surface area contributed by atoms with Gasteiger partial charge in [-0.3, -0.25) is 0 Å². The molecule has 0 atom stereocenters. The summed E-state index contributed by atoms with van der Waals surface area (Å²) in [6, 6.07) is 16.8. The number of aromatic amines is 1.